The fourth-order valence-corrected chi connectivity index (χ4v) is 5.42. The van der Waals surface area contributed by atoms with Crippen molar-refractivity contribution < 1.29 is 41.7 Å². The molecule has 2 aromatic heterocycles. The molecule has 0 unspecified atom stereocenters. The molecule has 6 rings (SSSR count). The van der Waals surface area contributed by atoms with Crippen LogP contribution in [0.1, 0.15) is 41.4 Å². The maximum atomic E-state index is 14.9. The Morgan fingerprint density at radius 1 is 1.15 bits per heavy atom. The zero-order valence-electron chi connectivity index (χ0n) is 25.0. The highest BCUT2D eigenvalue weighted by Crippen LogP contribution is 2.48. The van der Waals surface area contributed by atoms with Gasteiger partial charge in [-0.2, -0.15) is 18.4 Å². The molecule has 4 aromatic rings. The van der Waals surface area contributed by atoms with Crippen molar-refractivity contribution in [3.05, 3.63) is 83.4 Å². The summed E-state index contributed by atoms with van der Waals surface area (Å²) in [5.74, 6) is -2.05. The molecule has 2 aromatic carbocycles. The molecule has 3 N–H and O–H groups in total. The van der Waals surface area contributed by atoms with E-state index in [-0.39, 0.29) is 40.5 Å². The molecule has 2 atom stereocenters. The van der Waals surface area contributed by atoms with Crippen molar-refractivity contribution in [2.24, 2.45) is 0 Å². The highest BCUT2D eigenvalue weighted by atomic mass is 19.4. The van der Waals surface area contributed by atoms with E-state index in [1.54, 1.807) is 12.1 Å². The Balaban J connectivity index is 1.42. The van der Waals surface area contributed by atoms with E-state index in [1.165, 1.54) is 44.5 Å². The number of hydrogen-bond acceptors (Lipinski definition) is 8. The van der Waals surface area contributed by atoms with Crippen molar-refractivity contribution >= 4 is 22.7 Å². The fraction of sp³-hybridized carbons (Fsp3) is 0.303. The molecule has 1 fully saturated rings. The minimum Gasteiger partial charge on any atom is -0.494 e. The molecule has 0 spiro atoms. The SMILES string of the molecule is COc1cc(C(=O)NC[C@](O)(c2cc3c(c(-c4ccc(F)cc4)n2)OC[C@]3(C)C(=O)NC2(C#N)CC2)C(F)(F)F)cc2cccnc12. The molecule has 47 heavy (non-hydrogen) atoms. The van der Waals surface area contributed by atoms with Gasteiger partial charge in [-0.05, 0) is 68.3 Å². The number of hydrogen-bond donors (Lipinski definition) is 3. The Morgan fingerprint density at radius 3 is 2.51 bits per heavy atom. The third kappa shape index (κ3) is 5.46. The number of benzene rings is 2. The Kier molecular flexibility index (Phi) is 7.55. The zero-order valence-corrected chi connectivity index (χ0v) is 25.0. The zero-order chi connectivity index (χ0) is 33.8. The number of methoxy groups -OCH3 is 1. The maximum absolute atomic E-state index is 14.9. The van der Waals surface area contributed by atoms with Crippen molar-refractivity contribution in [1.29, 1.82) is 5.26 Å². The number of aliphatic hydroxyl groups is 1. The molecule has 0 bridgehead atoms. The van der Waals surface area contributed by atoms with E-state index >= 15 is 0 Å². The Bertz CT molecular complexity index is 1960. The summed E-state index contributed by atoms with van der Waals surface area (Å²) >= 11 is 0. The number of aromatic nitrogens is 2. The molecule has 2 aliphatic rings. The summed E-state index contributed by atoms with van der Waals surface area (Å²) in [4.78, 5) is 35.1. The first kappa shape index (κ1) is 31.7. The number of ether oxygens (including phenoxy) is 2. The number of nitriles is 1. The Hall–Kier alpha value is -5.29. The van der Waals surface area contributed by atoms with E-state index in [0.717, 1.165) is 18.2 Å². The number of carbonyl (C=O) groups is 2. The van der Waals surface area contributed by atoms with E-state index in [2.05, 4.69) is 20.6 Å². The second-order valence-electron chi connectivity index (χ2n) is 11.8. The number of pyridine rings is 2. The predicted molar refractivity (Wildman–Crippen MR) is 159 cm³/mol. The average Bonchev–Trinajstić information content (AvgIpc) is 3.75. The minimum absolute atomic E-state index is 0.0335. The first-order valence-corrected chi connectivity index (χ1v) is 14.4. The summed E-state index contributed by atoms with van der Waals surface area (Å²) in [6, 6.07) is 13.6. The highest BCUT2D eigenvalue weighted by molar-refractivity contribution is 6.00. The van der Waals surface area contributed by atoms with Gasteiger partial charge in [0, 0.05) is 28.3 Å². The van der Waals surface area contributed by atoms with Gasteiger partial charge in [0.25, 0.3) is 5.91 Å². The number of fused-ring (bicyclic) bond motifs is 2. The molecule has 0 saturated heterocycles. The molecule has 242 valence electrons. The van der Waals surface area contributed by atoms with Crippen molar-refractivity contribution in [1.82, 2.24) is 20.6 Å². The van der Waals surface area contributed by atoms with Gasteiger partial charge in [0.2, 0.25) is 11.5 Å². The molecule has 1 aliphatic carbocycles. The monoisotopic (exact) mass is 649 g/mol. The molecule has 2 amide bonds. The van der Waals surface area contributed by atoms with Gasteiger partial charge in [0.1, 0.15) is 46.1 Å². The van der Waals surface area contributed by atoms with Gasteiger partial charge in [-0.3, -0.25) is 14.6 Å². The average molecular weight is 650 g/mol. The Labute approximate surface area is 265 Å². The lowest BCUT2D eigenvalue weighted by atomic mass is 9.81. The van der Waals surface area contributed by atoms with Crippen LogP contribution < -0.4 is 20.1 Å². The lowest BCUT2D eigenvalue weighted by Gasteiger charge is -2.32. The Morgan fingerprint density at radius 2 is 1.87 bits per heavy atom. The third-order valence-corrected chi connectivity index (χ3v) is 8.56. The summed E-state index contributed by atoms with van der Waals surface area (Å²) in [5, 5.41) is 26.2. The van der Waals surface area contributed by atoms with Crippen molar-refractivity contribution in [2.75, 3.05) is 20.3 Å². The first-order valence-electron chi connectivity index (χ1n) is 14.4. The molecular weight excluding hydrogens is 622 g/mol. The third-order valence-electron chi connectivity index (χ3n) is 8.56. The van der Waals surface area contributed by atoms with Gasteiger partial charge < -0.3 is 25.2 Å². The van der Waals surface area contributed by atoms with E-state index in [4.69, 9.17) is 9.47 Å². The van der Waals surface area contributed by atoms with Crippen LogP contribution in [0.15, 0.2) is 60.8 Å². The number of carbonyl (C=O) groups excluding carboxylic acids is 2. The molecule has 14 heteroatoms. The smallest absolute Gasteiger partial charge is 0.424 e. The minimum atomic E-state index is -5.39. The summed E-state index contributed by atoms with van der Waals surface area (Å²) < 4.78 is 69.6. The number of alkyl halides is 3. The van der Waals surface area contributed by atoms with Crippen LogP contribution in [-0.4, -0.2) is 58.9 Å². The fourth-order valence-electron chi connectivity index (χ4n) is 5.42. The van der Waals surface area contributed by atoms with Crippen LogP contribution in [0, 0.1) is 17.1 Å². The van der Waals surface area contributed by atoms with Crippen LogP contribution in [0.3, 0.4) is 0 Å². The summed E-state index contributed by atoms with van der Waals surface area (Å²) in [5.41, 5.74) is -7.07. The van der Waals surface area contributed by atoms with Gasteiger partial charge in [0.15, 0.2) is 0 Å². The van der Waals surface area contributed by atoms with Crippen LogP contribution in [0.5, 0.6) is 11.5 Å². The number of amides is 2. The van der Waals surface area contributed by atoms with Crippen LogP contribution in [-0.2, 0) is 15.8 Å². The van der Waals surface area contributed by atoms with Crippen LogP contribution in [0.25, 0.3) is 22.2 Å². The summed E-state index contributed by atoms with van der Waals surface area (Å²) in [7, 11) is 1.36. The van der Waals surface area contributed by atoms with Gasteiger partial charge >= 0.3 is 6.18 Å². The molecule has 3 heterocycles. The van der Waals surface area contributed by atoms with Gasteiger partial charge in [-0.15, -0.1) is 0 Å². The first-order chi connectivity index (χ1) is 22.2. The van der Waals surface area contributed by atoms with Gasteiger partial charge in [-0.25, -0.2) is 9.37 Å². The lowest BCUT2D eigenvalue weighted by Crippen LogP contribution is -2.52. The van der Waals surface area contributed by atoms with Crippen LogP contribution in [0.4, 0.5) is 17.6 Å². The number of rotatable bonds is 8. The van der Waals surface area contributed by atoms with Gasteiger partial charge in [0.05, 0.1) is 25.4 Å². The normalized spacial score (nSPS) is 19.1. The van der Waals surface area contributed by atoms with Gasteiger partial charge in [-0.1, -0.05) is 6.07 Å². The van der Waals surface area contributed by atoms with E-state index in [0.29, 0.717) is 23.7 Å². The molecule has 10 nitrogen and oxygen atoms in total. The predicted octanol–water partition coefficient (Wildman–Crippen LogP) is 4.45. The van der Waals surface area contributed by atoms with Crippen molar-refractivity contribution in [3.63, 3.8) is 0 Å². The lowest BCUT2D eigenvalue weighted by molar-refractivity contribution is -0.265. The molecular formula is C33H27F4N5O5. The van der Waals surface area contributed by atoms with Crippen LogP contribution >= 0.6 is 0 Å². The highest BCUT2D eigenvalue weighted by Gasteiger charge is 2.58. The molecule has 1 aliphatic heterocycles. The summed E-state index contributed by atoms with van der Waals surface area (Å²) in [6.07, 6.45) is -3.04. The van der Waals surface area contributed by atoms with E-state index in [1.807, 2.05) is 6.07 Å². The summed E-state index contributed by atoms with van der Waals surface area (Å²) in [6.45, 7) is -0.232. The molecule has 0 radical (unpaired) electrons. The van der Waals surface area contributed by atoms with E-state index < -0.39 is 52.6 Å². The second kappa shape index (κ2) is 11.2. The second-order valence-corrected chi connectivity index (χ2v) is 11.8. The number of nitrogens with one attached hydrogen (secondary N) is 2. The number of halogens is 4. The largest absolute Gasteiger partial charge is 0.494 e. The molecule has 1 saturated carbocycles. The van der Waals surface area contributed by atoms with E-state index in [9.17, 15) is 37.5 Å². The van der Waals surface area contributed by atoms with Crippen LogP contribution in [0.2, 0.25) is 0 Å². The topological polar surface area (TPSA) is 146 Å². The van der Waals surface area contributed by atoms with Crippen molar-refractivity contribution in [2.45, 2.75) is 42.5 Å². The number of nitrogens with zero attached hydrogens (tertiary/aromatic N) is 3. The maximum Gasteiger partial charge on any atom is 0.424 e. The standard InChI is InChI=1S/C33H27F4N5O5/c1-30(29(44)42-31(15-38)9-10-31)17-47-27-22(30)14-24(41-26(27)18-5-7-21(34)8-6-18)32(45,33(35,36)37)16-40-28(43)20-12-19-4-3-11-39-25(19)23(13-20)46-2/h3-8,11-14,45H,9-10,16-17H2,1-2H3,(H,40,43)(H,42,44)/t30-,32-/m0/s1. The quantitative estimate of drug-likeness (QED) is 0.238. The van der Waals surface area contributed by atoms with Crippen molar-refractivity contribution in [3.8, 4) is 28.8 Å².